The molecule has 1 amide bonds. The van der Waals surface area contributed by atoms with E-state index in [4.69, 9.17) is 4.74 Å². The van der Waals surface area contributed by atoms with Crippen LogP contribution in [0.5, 0.6) is 0 Å². The van der Waals surface area contributed by atoms with Crippen LogP contribution < -0.4 is 5.32 Å². The lowest BCUT2D eigenvalue weighted by atomic mass is 9.63. The number of ether oxygens (including phenoxy) is 1. The predicted octanol–water partition coefficient (Wildman–Crippen LogP) is 2.73. The molecule has 1 N–H and O–H groups in total. The normalized spacial score (nSPS) is 37.3. The van der Waals surface area contributed by atoms with Crippen LogP contribution in [0, 0.1) is 17.8 Å². The van der Waals surface area contributed by atoms with Crippen LogP contribution in [0.25, 0.3) is 0 Å². The van der Waals surface area contributed by atoms with Gasteiger partial charge in [0.05, 0.1) is 12.5 Å². The topological polar surface area (TPSA) is 58.6 Å². The van der Waals surface area contributed by atoms with Crippen molar-refractivity contribution in [1.82, 2.24) is 4.90 Å². The Morgan fingerprint density at radius 2 is 2.15 bits per heavy atom. The molecule has 1 spiro atoms. The average molecular weight is 366 g/mol. The fourth-order valence-corrected chi connectivity index (χ4v) is 6.18. The van der Waals surface area contributed by atoms with Gasteiger partial charge in [-0.1, -0.05) is 31.2 Å². The second kappa shape index (κ2) is 5.93. The first-order valence-electron chi connectivity index (χ1n) is 9.99. The molecule has 0 radical (unpaired) electrons. The van der Waals surface area contributed by atoms with Gasteiger partial charge in [-0.15, -0.1) is 0 Å². The number of fused-ring (bicyclic) bond motifs is 5. The Balaban J connectivity index is 1.55. The summed E-state index contributed by atoms with van der Waals surface area (Å²) in [6.45, 7) is 4.19. The molecule has 0 saturated carbocycles. The zero-order valence-corrected chi connectivity index (χ0v) is 15.9. The quantitative estimate of drug-likeness (QED) is 0.777. The number of hydrogen-bond acceptors (Lipinski definition) is 4. The lowest BCUT2D eigenvalue weighted by Crippen LogP contribution is -2.55. The lowest BCUT2D eigenvalue weighted by Gasteiger charge is -2.48. The first-order valence-corrected chi connectivity index (χ1v) is 9.99. The Bertz CT molecular complexity index is 848. The molecule has 5 heteroatoms. The Hall–Kier alpha value is -2.14. The second-order valence-electron chi connectivity index (χ2n) is 8.60. The van der Waals surface area contributed by atoms with Crippen LogP contribution in [0.3, 0.4) is 0 Å². The zero-order valence-electron chi connectivity index (χ0n) is 15.9. The number of esters is 1. The summed E-state index contributed by atoms with van der Waals surface area (Å²) in [5.74, 6) is 1.11. The van der Waals surface area contributed by atoms with Gasteiger partial charge in [0.25, 0.3) is 0 Å². The van der Waals surface area contributed by atoms with Gasteiger partial charge in [-0.2, -0.15) is 0 Å². The van der Waals surface area contributed by atoms with E-state index < -0.39 is 5.41 Å². The molecule has 0 unspecified atom stereocenters. The van der Waals surface area contributed by atoms with Crippen molar-refractivity contribution in [2.75, 3.05) is 25.5 Å². The Kier molecular flexibility index (Phi) is 3.73. The van der Waals surface area contributed by atoms with Crippen LogP contribution in [0.15, 0.2) is 35.9 Å². The molecule has 2 saturated heterocycles. The number of amides is 1. The molecule has 5 nitrogen and oxygen atoms in total. The Morgan fingerprint density at radius 1 is 1.33 bits per heavy atom. The number of carbonyl (C=O) groups is 2. The van der Waals surface area contributed by atoms with Gasteiger partial charge < -0.3 is 10.1 Å². The summed E-state index contributed by atoms with van der Waals surface area (Å²) in [5, 5.41) is 3.12. The molecule has 2 fully saturated rings. The number of anilines is 1. The molecular weight excluding hydrogens is 340 g/mol. The summed E-state index contributed by atoms with van der Waals surface area (Å²) >= 11 is 0. The van der Waals surface area contributed by atoms with E-state index >= 15 is 0 Å². The highest BCUT2D eigenvalue weighted by atomic mass is 16.5. The molecule has 27 heavy (non-hydrogen) atoms. The third-order valence-corrected chi connectivity index (χ3v) is 7.56. The molecule has 5 atom stereocenters. The van der Waals surface area contributed by atoms with Gasteiger partial charge in [-0.05, 0) is 55.2 Å². The molecule has 3 heterocycles. The highest BCUT2D eigenvalue weighted by molar-refractivity contribution is 6.07. The number of piperidine rings is 1. The number of allylic oxidation sites excluding steroid dienone is 1. The maximum Gasteiger partial charge on any atom is 0.333 e. The number of para-hydroxylation sites is 1. The van der Waals surface area contributed by atoms with Gasteiger partial charge in [0.2, 0.25) is 5.91 Å². The largest absolute Gasteiger partial charge is 0.466 e. The number of nitrogens with one attached hydrogen (secondary N) is 1. The van der Waals surface area contributed by atoms with Gasteiger partial charge in [-0.3, -0.25) is 9.69 Å². The summed E-state index contributed by atoms with van der Waals surface area (Å²) in [6, 6.07) is 8.24. The molecule has 3 aliphatic heterocycles. The Labute approximate surface area is 159 Å². The highest BCUT2D eigenvalue weighted by Crippen LogP contribution is 2.54. The van der Waals surface area contributed by atoms with Crippen LogP contribution in [-0.4, -0.2) is 43.0 Å². The van der Waals surface area contributed by atoms with Crippen molar-refractivity contribution in [2.24, 2.45) is 17.8 Å². The van der Waals surface area contributed by atoms with Crippen molar-refractivity contribution in [2.45, 2.75) is 37.6 Å². The van der Waals surface area contributed by atoms with E-state index in [1.807, 2.05) is 18.2 Å². The third kappa shape index (κ3) is 2.21. The van der Waals surface area contributed by atoms with E-state index in [9.17, 15) is 9.59 Å². The van der Waals surface area contributed by atoms with Gasteiger partial charge in [0.1, 0.15) is 0 Å². The molecule has 142 valence electrons. The Morgan fingerprint density at radius 3 is 2.96 bits per heavy atom. The molecule has 1 aliphatic carbocycles. The van der Waals surface area contributed by atoms with Crippen molar-refractivity contribution in [3.05, 3.63) is 41.5 Å². The highest BCUT2D eigenvalue weighted by Gasteiger charge is 2.60. The van der Waals surface area contributed by atoms with Crippen molar-refractivity contribution < 1.29 is 14.3 Å². The maximum absolute atomic E-state index is 13.2. The minimum absolute atomic E-state index is 0.127. The fraction of sp³-hybridized carbons (Fsp3) is 0.545. The van der Waals surface area contributed by atoms with Gasteiger partial charge in [-0.25, -0.2) is 4.79 Å². The van der Waals surface area contributed by atoms with E-state index in [2.05, 4.69) is 29.3 Å². The van der Waals surface area contributed by atoms with Gasteiger partial charge >= 0.3 is 5.97 Å². The second-order valence-corrected chi connectivity index (χ2v) is 8.60. The van der Waals surface area contributed by atoms with E-state index in [-0.39, 0.29) is 23.8 Å². The number of rotatable bonds is 1. The predicted molar refractivity (Wildman–Crippen MR) is 102 cm³/mol. The fourth-order valence-electron chi connectivity index (χ4n) is 6.18. The number of carbonyl (C=O) groups excluding carboxylic acids is 2. The molecule has 5 rings (SSSR count). The monoisotopic (exact) mass is 366 g/mol. The molecule has 1 aromatic carbocycles. The summed E-state index contributed by atoms with van der Waals surface area (Å²) in [7, 11) is 1.46. The van der Waals surface area contributed by atoms with Crippen molar-refractivity contribution in [3.63, 3.8) is 0 Å². The minimum Gasteiger partial charge on any atom is -0.466 e. The SMILES string of the molecule is COC(=O)C1=CC[C@H](C)[C@H]2CN3CC[C@]4(C(=O)Nc5ccccc54)[C@@H]3C[C@H]12. The van der Waals surface area contributed by atoms with E-state index in [1.165, 1.54) is 7.11 Å². The van der Waals surface area contributed by atoms with Crippen molar-refractivity contribution in [1.29, 1.82) is 0 Å². The summed E-state index contributed by atoms with van der Waals surface area (Å²) < 4.78 is 5.08. The summed E-state index contributed by atoms with van der Waals surface area (Å²) in [5.41, 5.74) is 2.43. The molecule has 4 aliphatic rings. The van der Waals surface area contributed by atoms with E-state index in [1.54, 1.807) is 0 Å². The molecule has 1 aromatic rings. The molecule has 0 aromatic heterocycles. The van der Waals surface area contributed by atoms with Crippen LogP contribution in [-0.2, 0) is 19.7 Å². The summed E-state index contributed by atoms with van der Waals surface area (Å²) in [4.78, 5) is 28.1. The molecular formula is C22H26N2O3. The van der Waals surface area contributed by atoms with Gasteiger partial charge in [0.15, 0.2) is 0 Å². The number of methoxy groups -OCH3 is 1. The number of hydrogen-bond donors (Lipinski definition) is 1. The first-order chi connectivity index (χ1) is 13.1. The van der Waals surface area contributed by atoms with Crippen LogP contribution >= 0.6 is 0 Å². The van der Waals surface area contributed by atoms with Crippen molar-refractivity contribution >= 4 is 17.6 Å². The maximum atomic E-state index is 13.2. The van der Waals surface area contributed by atoms with Gasteiger partial charge in [0, 0.05) is 23.8 Å². The first kappa shape index (κ1) is 17.0. The van der Waals surface area contributed by atoms with Crippen LogP contribution in [0.1, 0.15) is 31.7 Å². The van der Waals surface area contributed by atoms with E-state index in [0.29, 0.717) is 11.8 Å². The molecule has 0 bridgehead atoms. The number of nitrogens with zero attached hydrogens (tertiary/aromatic N) is 1. The van der Waals surface area contributed by atoms with E-state index in [0.717, 1.165) is 49.2 Å². The number of benzene rings is 1. The lowest BCUT2D eigenvalue weighted by molar-refractivity contribution is -0.137. The summed E-state index contributed by atoms with van der Waals surface area (Å²) in [6.07, 6.45) is 4.71. The standard InChI is InChI=1S/C22H26N2O3/c1-13-7-8-14(20(25)27-2)15-11-19-22(9-10-24(19)12-16(13)15)17-5-3-4-6-18(17)23-21(22)26/h3-6,8,13,15-16,19H,7,9-12H2,1-2H3,(H,23,26)/t13-,15+,16+,19-,22+/m0/s1. The van der Waals surface area contributed by atoms with Crippen LogP contribution in [0.4, 0.5) is 5.69 Å². The average Bonchev–Trinajstić information content (AvgIpc) is 3.20. The zero-order chi connectivity index (χ0) is 18.8. The van der Waals surface area contributed by atoms with Crippen LogP contribution in [0.2, 0.25) is 0 Å². The van der Waals surface area contributed by atoms with Crippen molar-refractivity contribution in [3.8, 4) is 0 Å². The minimum atomic E-state index is -0.483. The smallest absolute Gasteiger partial charge is 0.333 e. The third-order valence-electron chi connectivity index (χ3n) is 7.56.